The number of hydrogen-bond donors (Lipinski definition) is 5. The van der Waals surface area contributed by atoms with Crippen molar-refractivity contribution in [3.05, 3.63) is 0 Å². The molecule has 47 heavy (non-hydrogen) atoms. The molecule has 0 aromatic heterocycles. The van der Waals surface area contributed by atoms with E-state index in [1.165, 1.54) is 0 Å². The predicted octanol–water partition coefficient (Wildman–Crippen LogP) is 2.96. The van der Waals surface area contributed by atoms with Crippen molar-refractivity contribution in [1.29, 1.82) is 0 Å². The number of rotatable bonds is 13. The molecule has 6 atom stereocenters. The van der Waals surface area contributed by atoms with Gasteiger partial charge in [-0.15, -0.1) is 0 Å². The largest absolute Gasteiger partial charge is 0.481 e. The van der Waals surface area contributed by atoms with Crippen LogP contribution in [0.4, 0.5) is 0 Å². The van der Waals surface area contributed by atoms with Crippen molar-refractivity contribution in [2.75, 3.05) is 13.2 Å². The normalized spacial score (nSPS) is 34.2. The minimum Gasteiger partial charge on any atom is -0.481 e. The Kier molecular flexibility index (Phi) is 13.9. The molecular weight excluding hydrogens is 612 g/mol. The van der Waals surface area contributed by atoms with E-state index in [1.807, 2.05) is 0 Å². The van der Waals surface area contributed by atoms with E-state index in [4.69, 9.17) is 19.4 Å². The van der Waals surface area contributed by atoms with Crippen molar-refractivity contribution in [2.45, 2.75) is 121 Å². The Hall–Kier alpha value is -3.21. The van der Waals surface area contributed by atoms with Gasteiger partial charge in [0.05, 0.1) is 49.1 Å². The van der Waals surface area contributed by atoms with E-state index in [0.29, 0.717) is 32.3 Å². The van der Waals surface area contributed by atoms with Crippen LogP contribution in [0.15, 0.2) is 0 Å². The maximum Gasteiger partial charge on any atom is 0.308 e. The summed E-state index contributed by atoms with van der Waals surface area (Å²) in [5.74, 6) is -4.21. The maximum atomic E-state index is 13.1. The molecule has 4 aliphatic rings. The fourth-order valence-corrected chi connectivity index (χ4v) is 7.91. The molecule has 0 spiro atoms. The molecule has 13 heteroatoms. The molecule has 0 aromatic rings. The lowest BCUT2D eigenvalue weighted by atomic mass is 9.72. The van der Waals surface area contributed by atoms with Gasteiger partial charge < -0.3 is 34.9 Å². The van der Waals surface area contributed by atoms with Crippen LogP contribution in [0.1, 0.15) is 96.8 Å². The molecule has 6 unspecified atom stereocenters. The number of nitrogens with one attached hydrogen (secondary N) is 2. The zero-order valence-corrected chi connectivity index (χ0v) is 27.2. The summed E-state index contributed by atoms with van der Waals surface area (Å²) in [6.07, 6.45) is 10.3. The highest BCUT2D eigenvalue weighted by atomic mass is 16.6. The quantitative estimate of drug-likeness (QED) is 0.110. The number of carbonyl (C=O) groups excluding carboxylic acids is 3. The summed E-state index contributed by atoms with van der Waals surface area (Å²) >= 11 is 0. The van der Waals surface area contributed by atoms with Crippen molar-refractivity contribution in [2.24, 2.45) is 35.5 Å². The molecule has 0 aliphatic heterocycles. The summed E-state index contributed by atoms with van der Waals surface area (Å²) < 4.78 is 11.6. The topological polar surface area (TPSA) is 198 Å². The summed E-state index contributed by atoms with van der Waals surface area (Å²) in [5, 5.41) is 31.1. The molecule has 4 rings (SSSR count). The van der Waals surface area contributed by atoms with Crippen LogP contribution in [0.2, 0.25) is 0 Å². The van der Waals surface area contributed by atoms with Gasteiger partial charge in [0.1, 0.15) is 6.11 Å². The molecule has 5 N–H and O–H groups in total. The van der Waals surface area contributed by atoms with Gasteiger partial charge in [0.2, 0.25) is 11.7 Å². The van der Waals surface area contributed by atoms with Gasteiger partial charge in [-0.05, 0) is 103 Å². The summed E-state index contributed by atoms with van der Waals surface area (Å²) in [6, 6.07) is 0.0492. The average molecular weight is 663 g/mol. The van der Waals surface area contributed by atoms with Crippen LogP contribution in [0, 0.1) is 47.5 Å². The number of aliphatic hydroxyl groups excluding tert-OH is 1. The molecule has 4 aliphatic carbocycles. The molecule has 0 aromatic carbocycles. The summed E-state index contributed by atoms with van der Waals surface area (Å²) in [4.78, 5) is 66.9. The predicted molar refractivity (Wildman–Crippen MR) is 166 cm³/mol. The number of Topliss-reactive ketones (excluding diaryl/α,β-unsaturated/α-hetero) is 1. The highest BCUT2D eigenvalue weighted by molar-refractivity contribution is 5.98. The van der Waals surface area contributed by atoms with Crippen LogP contribution in [0.5, 0.6) is 0 Å². The Morgan fingerprint density at radius 3 is 1.91 bits per heavy atom. The van der Waals surface area contributed by atoms with Crippen LogP contribution >= 0.6 is 0 Å². The summed E-state index contributed by atoms with van der Waals surface area (Å²) in [7, 11) is 0. The zero-order valence-electron chi connectivity index (χ0n) is 27.2. The van der Waals surface area contributed by atoms with Crippen LogP contribution in [-0.4, -0.2) is 82.4 Å². The van der Waals surface area contributed by atoms with Gasteiger partial charge in [-0.1, -0.05) is 0 Å². The number of aliphatic carboxylic acids is 2. The third kappa shape index (κ3) is 10.4. The lowest BCUT2D eigenvalue weighted by Crippen LogP contribution is -2.47. The second kappa shape index (κ2) is 17.8. The Morgan fingerprint density at radius 1 is 0.723 bits per heavy atom. The van der Waals surface area contributed by atoms with Gasteiger partial charge in [0.25, 0.3) is 0 Å². The van der Waals surface area contributed by atoms with Gasteiger partial charge in [0.15, 0.2) is 0 Å². The van der Waals surface area contributed by atoms with Gasteiger partial charge in [-0.3, -0.25) is 24.0 Å². The number of esters is 1. The Balaban J connectivity index is 1.14. The SMILES string of the molecule is CCOC(=O)C1CCC(C(=O)O)C(CONC2CCC(OC3CCC(NC(=O)C4CC(C(=O)C#CO)CCC4C(=O)O)CC3)CC2)C1. The van der Waals surface area contributed by atoms with Crippen molar-refractivity contribution in [1.82, 2.24) is 10.8 Å². The maximum absolute atomic E-state index is 13.1. The van der Waals surface area contributed by atoms with E-state index in [-0.39, 0.29) is 67.5 Å². The first-order chi connectivity index (χ1) is 22.6. The second-order valence-electron chi connectivity index (χ2n) is 13.6. The number of carboxylic acid groups (broad SMARTS) is 2. The molecule has 0 bridgehead atoms. The van der Waals surface area contributed by atoms with Crippen LogP contribution in [0.25, 0.3) is 0 Å². The number of ketones is 1. The van der Waals surface area contributed by atoms with Crippen molar-refractivity contribution in [3.63, 3.8) is 0 Å². The molecule has 262 valence electrons. The van der Waals surface area contributed by atoms with Crippen LogP contribution in [0.3, 0.4) is 0 Å². The standard InChI is InChI=1S/C34H50N2O11/c1-2-45-34(44)21-4-13-27(32(40)41)22(17-21)19-46-36-24-7-11-26(12-8-24)47-25-9-5-23(6-10-25)35-31(39)29-18-20(30(38)15-16-37)3-14-28(29)33(42)43/h20-29,36-37H,2-14,17-19H2,1H3,(H,35,39)(H,40,41)(H,42,43). The fourth-order valence-electron chi connectivity index (χ4n) is 7.91. The van der Waals surface area contributed by atoms with Gasteiger partial charge >= 0.3 is 17.9 Å². The van der Waals surface area contributed by atoms with Gasteiger partial charge in [0, 0.05) is 23.9 Å². The molecule has 13 nitrogen and oxygen atoms in total. The highest BCUT2D eigenvalue weighted by Crippen LogP contribution is 2.37. The summed E-state index contributed by atoms with van der Waals surface area (Å²) in [5.41, 5.74) is 3.12. The number of hydroxylamine groups is 1. The Labute approximate surface area is 275 Å². The number of aliphatic hydroxyl groups is 1. The van der Waals surface area contributed by atoms with Crippen molar-refractivity contribution in [3.8, 4) is 12.0 Å². The Bertz CT molecular complexity index is 1170. The number of amides is 1. The minimum absolute atomic E-state index is 0.0837. The van der Waals surface area contributed by atoms with Crippen molar-refractivity contribution < 1.29 is 53.6 Å². The van der Waals surface area contributed by atoms with E-state index in [1.54, 1.807) is 13.0 Å². The van der Waals surface area contributed by atoms with Crippen LogP contribution < -0.4 is 10.8 Å². The molecule has 0 radical (unpaired) electrons. The van der Waals surface area contributed by atoms with E-state index in [9.17, 15) is 34.2 Å². The molecule has 0 heterocycles. The monoisotopic (exact) mass is 662 g/mol. The van der Waals surface area contributed by atoms with E-state index < -0.39 is 41.4 Å². The molecule has 4 fully saturated rings. The Morgan fingerprint density at radius 2 is 1.32 bits per heavy atom. The van der Waals surface area contributed by atoms with E-state index in [0.717, 1.165) is 51.4 Å². The third-order valence-electron chi connectivity index (χ3n) is 10.6. The van der Waals surface area contributed by atoms with E-state index >= 15 is 0 Å². The van der Waals surface area contributed by atoms with Crippen molar-refractivity contribution >= 4 is 29.6 Å². The zero-order chi connectivity index (χ0) is 33.9. The average Bonchev–Trinajstić information content (AvgIpc) is 3.06. The third-order valence-corrected chi connectivity index (χ3v) is 10.6. The second-order valence-corrected chi connectivity index (χ2v) is 13.6. The first kappa shape index (κ1) is 36.6. The molecule has 4 saturated carbocycles. The number of carbonyl (C=O) groups is 5. The molecular formula is C34H50N2O11. The molecule has 0 saturated heterocycles. The smallest absolute Gasteiger partial charge is 0.308 e. The van der Waals surface area contributed by atoms with Gasteiger partial charge in [-0.25, -0.2) is 0 Å². The first-order valence-electron chi connectivity index (χ1n) is 17.2. The first-order valence-corrected chi connectivity index (χ1v) is 17.2. The highest BCUT2D eigenvalue weighted by Gasteiger charge is 2.42. The summed E-state index contributed by atoms with van der Waals surface area (Å²) in [6.45, 7) is 2.29. The van der Waals surface area contributed by atoms with E-state index in [2.05, 4.69) is 16.7 Å². The van der Waals surface area contributed by atoms with Gasteiger partial charge in [-0.2, -0.15) is 5.48 Å². The number of ether oxygens (including phenoxy) is 2. The van der Waals surface area contributed by atoms with Crippen LogP contribution in [-0.2, 0) is 38.3 Å². The number of hydrogen-bond acceptors (Lipinski definition) is 10. The lowest BCUT2D eigenvalue weighted by Gasteiger charge is -2.36. The minimum atomic E-state index is -1.04. The fraction of sp³-hybridized carbons (Fsp3) is 0.794. The lowest BCUT2D eigenvalue weighted by molar-refractivity contribution is -0.156. The molecule has 1 amide bonds. The number of carboxylic acids is 2.